The third kappa shape index (κ3) is 4.98. The van der Waals surface area contributed by atoms with Gasteiger partial charge in [0.25, 0.3) is 0 Å². The zero-order valence-corrected chi connectivity index (χ0v) is 37.0. The van der Waals surface area contributed by atoms with Crippen LogP contribution < -0.4 is 0 Å². The van der Waals surface area contributed by atoms with Crippen molar-refractivity contribution < 1.29 is 0 Å². The highest BCUT2D eigenvalue weighted by Crippen LogP contribution is 2.56. The molecule has 0 N–H and O–H groups in total. The van der Waals surface area contributed by atoms with Crippen LogP contribution in [0.3, 0.4) is 0 Å². The smallest absolute Gasteiger partial charge is 0.0159 e. The summed E-state index contributed by atoms with van der Waals surface area (Å²) in [6.07, 6.45) is 16.3. The fraction of sp³-hybridized carbons (Fsp3) is 0.175. The quantitative estimate of drug-likeness (QED) is 0.156. The summed E-state index contributed by atoms with van der Waals surface area (Å²) in [7, 11) is 0. The maximum atomic E-state index is 2.60. The lowest BCUT2D eigenvalue weighted by molar-refractivity contribution is 0.660. The summed E-state index contributed by atoms with van der Waals surface area (Å²) in [5.74, 6) is 0.775. The van der Waals surface area contributed by atoms with Crippen molar-refractivity contribution in [2.24, 2.45) is 11.8 Å². The summed E-state index contributed by atoms with van der Waals surface area (Å²) in [6, 6.07) is 54.4. The summed E-state index contributed by atoms with van der Waals surface area (Å²) in [5.41, 5.74) is 23.9. The van der Waals surface area contributed by atoms with Crippen molar-refractivity contribution in [3.8, 4) is 55.6 Å². The van der Waals surface area contributed by atoms with Crippen LogP contribution in [0.15, 0.2) is 182 Å². The molecule has 0 nitrogen and oxygen atoms in total. The zero-order valence-electron chi connectivity index (χ0n) is 37.0. The Morgan fingerprint density at radius 1 is 0.333 bits per heavy atom. The molecular formula is C63H50. The molecule has 2 atom stereocenters. The molecule has 0 spiro atoms. The van der Waals surface area contributed by atoms with Crippen LogP contribution in [0.25, 0.3) is 82.8 Å². The summed E-state index contributed by atoms with van der Waals surface area (Å²) >= 11 is 0. The van der Waals surface area contributed by atoms with Crippen molar-refractivity contribution in [2.45, 2.75) is 57.8 Å². The number of hydrogen-bond acceptors (Lipinski definition) is 0. The fourth-order valence-corrected chi connectivity index (χ4v) is 12.6. The zero-order chi connectivity index (χ0) is 42.6. The Labute approximate surface area is 371 Å². The van der Waals surface area contributed by atoms with Gasteiger partial charge in [-0.15, -0.1) is 0 Å². The lowest BCUT2D eigenvalue weighted by Gasteiger charge is -2.26. The van der Waals surface area contributed by atoms with Crippen LogP contribution in [0, 0.1) is 11.8 Å². The minimum Gasteiger partial charge on any atom is -0.0767 e. The number of fused-ring (bicyclic) bond motifs is 12. The number of allylic oxidation sites excluding steroid dienone is 8. The molecule has 302 valence electrons. The second kappa shape index (κ2) is 12.7. The first-order valence-electron chi connectivity index (χ1n) is 22.9. The Morgan fingerprint density at radius 2 is 0.778 bits per heavy atom. The first-order valence-corrected chi connectivity index (χ1v) is 22.9. The Kier molecular flexibility index (Phi) is 7.41. The molecule has 5 aliphatic rings. The SMILES string of the molecule is CC1(C)c2ccccc2-c2ccc(-c3c4ccc(C5=CC6C=CC=CC6C=C5)cc4c(-c4ccc5c(c4)C(C)(C)c4ccccc4-5)c4cc5c(cc34)-c3ccccc3C5(C)C)cc21. The molecule has 63 heavy (non-hydrogen) atoms. The van der Waals surface area contributed by atoms with Gasteiger partial charge < -0.3 is 0 Å². The molecule has 0 saturated heterocycles. The van der Waals surface area contributed by atoms with Crippen LogP contribution in [-0.4, -0.2) is 0 Å². The van der Waals surface area contributed by atoms with Gasteiger partial charge in [0.1, 0.15) is 0 Å². The molecule has 8 aromatic carbocycles. The molecule has 0 aromatic heterocycles. The van der Waals surface area contributed by atoms with Crippen molar-refractivity contribution in [1.82, 2.24) is 0 Å². The summed E-state index contributed by atoms with van der Waals surface area (Å²) in [4.78, 5) is 0. The first-order chi connectivity index (χ1) is 30.5. The Hall–Kier alpha value is -6.76. The highest BCUT2D eigenvalue weighted by Gasteiger charge is 2.39. The van der Waals surface area contributed by atoms with E-state index in [2.05, 4.69) is 224 Å². The molecular weight excluding hydrogens is 757 g/mol. The summed E-state index contributed by atoms with van der Waals surface area (Å²) in [6.45, 7) is 14.5. The average molecular weight is 807 g/mol. The molecule has 0 heteroatoms. The molecule has 5 aliphatic carbocycles. The van der Waals surface area contributed by atoms with Gasteiger partial charge in [-0.25, -0.2) is 0 Å². The monoisotopic (exact) mass is 806 g/mol. The standard InChI is InChI=1S/C63H50/c1-61(2)53-20-12-9-17-43(53)46-28-26-41(33-56(46)61)59-48-30-25-40(39-24-23-37-15-7-8-16-38(37)31-39)32-50(48)60(42-27-29-47-44-18-10-13-21-54(44)62(3,4)57(47)34-42)52-36-58-49(35-51(52)59)45-19-11-14-22-55(45)63(58,5)6/h7-38H,1-6H3. The minimum atomic E-state index is -0.143. The van der Waals surface area contributed by atoms with Crippen molar-refractivity contribution >= 4 is 27.1 Å². The molecule has 0 radical (unpaired) electrons. The van der Waals surface area contributed by atoms with Gasteiger partial charge in [-0.2, -0.15) is 0 Å². The highest BCUT2D eigenvalue weighted by atomic mass is 14.4. The van der Waals surface area contributed by atoms with Crippen molar-refractivity contribution in [3.05, 3.63) is 221 Å². The maximum absolute atomic E-state index is 2.60. The largest absolute Gasteiger partial charge is 0.0767 e. The molecule has 0 aliphatic heterocycles. The van der Waals surface area contributed by atoms with Gasteiger partial charge in [-0.3, -0.25) is 0 Å². The van der Waals surface area contributed by atoms with Crippen LogP contribution in [0.2, 0.25) is 0 Å². The van der Waals surface area contributed by atoms with E-state index >= 15 is 0 Å². The van der Waals surface area contributed by atoms with Gasteiger partial charge >= 0.3 is 0 Å². The number of benzene rings is 8. The minimum absolute atomic E-state index is 0.111. The number of rotatable bonds is 3. The predicted octanol–water partition coefficient (Wildman–Crippen LogP) is 16.6. The normalized spacial score (nSPS) is 19.6. The van der Waals surface area contributed by atoms with E-state index in [-0.39, 0.29) is 16.2 Å². The molecule has 0 fully saturated rings. The average Bonchev–Trinajstić information content (AvgIpc) is 3.78. The molecule has 2 unspecified atom stereocenters. The van der Waals surface area contributed by atoms with E-state index in [4.69, 9.17) is 0 Å². The van der Waals surface area contributed by atoms with E-state index in [9.17, 15) is 0 Å². The van der Waals surface area contributed by atoms with E-state index in [1.807, 2.05) is 0 Å². The Morgan fingerprint density at radius 3 is 1.37 bits per heavy atom. The molecule has 0 amide bonds. The summed E-state index contributed by atoms with van der Waals surface area (Å²) in [5, 5.41) is 5.22. The van der Waals surface area contributed by atoms with Gasteiger partial charge in [-0.05, 0) is 152 Å². The van der Waals surface area contributed by atoms with Crippen molar-refractivity contribution in [3.63, 3.8) is 0 Å². The molecule has 8 aromatic rings. The Balaban J connectivity index is 1.15. The van der Waals surface area contributed by atoms with E-state index < -0.39 is 0 Å². The lowest BCUT2D eigenvalue weighted by Crippen LogP contribution is -2.15. The van der Waals surface area contributed by atoms with Crippen LogP contribution in [-0.2, 0) is 16.2 Å². The van der Waals surface area contributed by atoms with Gasteiger partial charge in [0.2, 0.25) is 0 Å². The van der Waals surface area contributed by atoms with Crippen LogP contribution >= 0.6 is 0 Å². The summed E-state index contributed by atoms with van der Waals surface area (Å²) < 4.78 is 0. The molecule has 0 heterocycles. The van der Waals surface area contributed by atoms with E-state index in [1.165, 1.54) is 122 Å². The molecule has 0 saturated carbocycles. The molecule has 13 rings (SSSR count). The van der Waals surface area contributed by atoms with Gasteiger partial charge in [0.15, 0.2) is 0 Å². The third-order valence-corrected chi connectivity index (χ3v) is 16.0. The van der Waals surface area contributed by atoms with Crippen molar-refractivity contribution in [2.75, 3.05) is 0 Å². The van der Waals surface area contributed by atoms with Gasteiger partial charge in [-0.1, -0.05) is 193 Å². The van der Waals surface area contributed by atoms with E-state index in [1.54, 1.807) is 0 Å². The second-order valence-electron chi connectivity index (χ2n) is 20.4. The van der Waals surface area contributed by atoms with Crippen molar-refractivity contribution in [1.29, 1.82) is 0 Å². The van der Waals surface area contributed by atoms with E-state index in [0.29, 0.717) is 11.8 Å². The first kappa shape index (κ1) is 36.9. The van der Waals surface area contributed by atoms with E-state index in [0.717, 1.165) is 0 Å². The topological polar surface area (TPSA) is 0 Å². The molecule has 0 bridgehead atoms. The van der Waals surface area contributed by atoms with Crippen LogP contribution in [0.5, 0.6) is 0 Å². The predicted molar refractivity (Wildman–Crippen MR) is 267 cm³/mol. The van der Waals surface area contributed by atoms with Gasteiger partial charge in [0.05, 0.1) is 0 Å². The lowest BCUT2D eigenvalue weighted by atomic mass is 9.77. The third-order valence-electron chi connectivity index (χ3n) is 16.0. The Bertz CT molecular complexity index is 3480. The number of hydrogen-bond donors (Lipinski definition) is 0. The maximum Gasteiger partial charge on any atom is 0.0159 e. The highest BCUT2D eigenvalue weighted by molar-refractivity contribution is 6.23. The van der Waals surface area contributed by atoms with Crippen LogP contribution in [0.4, 0.5) is 0 Å². The second-order valence-corrected chi connectivity index (χ2v) is 20.4. The van der Waals surface area contributed by atoms with Gasteiger partial charge in [0, 0.05) is 28.1 Å². The van der Waals surface area contributed by atoms with Crippen LogP contribution in [0.1, 0.15) is 80.5 Å². The fourth-order valence-electron chi connectivity index (χ4n) is 12.6.